The van der Waals surface area contributed by atoms with E-state index < -0.39 is 11.9 Å². The molecular weight excluding hydrogens is 458 g/mol. The van der Waals surface area contributed by atoms with Crippen molar-refractivity contribution in [1.82, 2.24) is 19.7 Å². The predicted molar refractivity (Wildman–Crippen MR) is 123 cm³/mol. The molecular formula is C23H20ClN7O3. The first-order chi connectivity index (χ1) is 16.4. The van der Waals surface area contributed by atoms with Gasteiger partial charge in [-0.05, 0) is 43.4 Å². The second-order valence-corrected chi connectivity index (χ2v) is 8.85. The third kappa shape index (κ3) is 3.64. The van der Waals surface area contributed by atoms with Gasteiger partial charge in [0.15, 0.2) is 5.69 Å². The number of carbonyl (C=O) groups is 3. The molecule has 1 saturated carbocycles. The standard InChI is InChI=1S/C23H20ClN7O3/c24-21-13(10-25)6-8-17(27-21)28-23(34)20-12-5-7-14(9-12)31(20)18(32)11-30-16-4-2-1-3-15(16)19(29-30)22(26)33/h1-4,6,8,12,14,20H,5,7,9,11H2,(H2,26,33)(H,27,28,34)/t12-,14+,20-/m0/s1. The van der Waals surface area contributed by atoms with Crippen molar-refractivity contribution in [3.8, 4) is 6.07 Å². The van der Waals surface area contributed by atoms with Crippen molar-refractivity contribution < 1.29 is 14.4 Å². The second-order valence-electron chi connectivity index (χ2n) is 8.50. The summed E-state index contributed by atoms with van der Waals surface area (Å²) in [4.78, 5) is 44.1. The van der Waals surface area contributed by atoms with E-state index in [-0.39, 0.29) is 52.5 Å². The number of hydrogen-bond acceptors (Lipinski definition) is 6. The van der Waals surface area contributed by atoms with E-state index in [1.54, 1.807) is 29.2 Å². The number of anilines is 1. The minimum atomic E-state index is -0.673. The molecule has 1 aliphatic carbocycles. The van der Waals surface area contributed by atoms with Crippen molar-refractivity contribution in [2.75, 3.05) is 5.32 Å². The van der Waals surface area contributed by atoms with E-state index in [1.807, 2.05) is 6.07 Å². The number of carbonyl (C=O) groups excluding carboxylic acids is 3. The van der Waals surface area contributed by atoms with E-state index in [2.05, 4.69) is 15.4 Å². The van der Waals surface area contributed by atoms with Crippen LogP contribution in [0, 0.1) is 17.2 Å². The number of aromatic nitrogens is 3. The minimum absolute atomic E-state index is 0.00279. The second kappa shape index (κ2) is 8.43. The summed E-state index contributed by atoms with van der Waals surface area (Å²) in [7, 11) is 0. The summed E-state index contributed by atoms with van der Waals surface area (Å²) < 4.78 is 1.46. The molecule has 0 unspecified atom stereocenters. The zero-order valence-electron chi connectivity index (χ0n) is 17.9. The van der Waals surface area contributed by atoms with Crippen LogP contribution >= 0.6 is 11.6 Å². The lowest BCUT2D eigenvalue weighted by Crippen LogP contribution is -2.52. The number of rotatable bonds is 5. The summed E-state index contributed by atoms with van der Waals surface area (Å²) in [5, 5.41) is 16.6. The van der Waals surface area contributed by atoms with E-state index in [0.717, 1.165) is 19.3 Å². The molecule has 2 fully saturated rings. The van der Waals surface area contributed by atoms with Crippen molar-refractivity contribution in [1.29, 1.82) is 5.26 Å². The van der Waals surface area contributed by atoms with Crippen LogP contribution in [0.3, 0.4) is 0 Å². The van der Waals surface area contributed by atoms with Gasteiger partial charge in [0, 0.05) is 11.4 Å². The Hall–Kier alpha value is -3.97. The van der Waals surface area contributed by atoms with Gasteiger partial charge < -0.3 is 16.0 Å². The maximum Gasteiger partial charge on any atom is 0.269 e. The van der Waals surface area contributed by atoms with Gasteiger partial charge in [0.1, 0.15) is 29.6 Å². The molecule has 3 heterocycles. The molecule has 1 saturated heterocycles. The number of piperidine rings is 1. The van der Waals surface area contributed by atoms with E-state index in [9.17, 15) is 14.4 Å². The van der Waals surface area contributed by atoms with Gasteiger partial charge in [-0.1, -0.05) is 29.8 Å². The number of amides is 3. The number of nitrogens with two attached hydrogens (primary N) is 1. The molecule has 1 aliphatic heterocycles. The zero-order chi connectivity index (χ0) is 24.0. The maximum absolute atomic E-state index is 13.4. The first kappa shape index (κ1) is 21.9. The Kier molecular flexibility index (Phi) is 5.42. The first-order valence-electron chi connectivity index (χ1n) is 10.8. The normalized spacial score (nSPS) is 20.9. The maximum atomic E-state index is 13.4. The number of nitrogens with one attached hydrogen (secondary N) is 1. The summed E-state index contributed by atoms with van der Waals surface area (Å²) in [6.45, 7) is -0.123. The van der Waals surface area contributed by atoms with Crippen molar-refractivity contribution in [3.63, 3.8) is 0 Å². The SMILES string of the molecule is N#Cc1ccc(NC(=O)[C@@H]2[C@H]3CC[C@H](C3)N2C(=O)Cn2nc(C(N)=O)c3ccccc32)nc1Cl. The molecule has 0 spiro atoms. The van der Waals surface area contributed by atoms with E-state index in [4.69, 9.17) is 22.6 Å². The molecule has 3 N–H and O–H groups in total. The molecule has 1 aromatic carbocycles. The molecule has 172 valence electrons. The van der Waals surface area contributed by atoms with Crippen LogP contribution in [0.1, 0.15) is 35.3 Å². The number of halogens is 1. The topological polar surface area (TPSA) is 147 Å². The molecule has 2 aliphatic rings. The summed E-state index contributed by atoms with van der Waals surface area (Å²) >= 11 is 5.98. The zero-order valence-corrected chi connectivity index (χ0v) is 18.7. The number of hydrogen-bond donors (Lipinski definition) is 2. The van der Waals surface area contributed by atoms with Crippen LogP contribution in [0.5, 0.6) is 0 Å². The lowest BCUT2D eigenvalue weighted by atomic mass is 9.97. The van der Waals surface area contributed by atoms with Crippen LogP contribution < -0.4 is 11.1 Å². The fourth-order valence-corrected chi connectivity index (χ4v) is 5.31. The predicted octanol–water partition coefficient (Wildman–Crippen LogP) is 2.07. The van der Waals surface area contributed by atoms with Crippen LogP contribution in [0.4, 0.5) is 5.82 Å². The lowest BCUT2D eigenvalue weighted by Gasteiger charge is -2.34. The monoisotopic (exact) mass is 477 g/mol. The Morgan fingerprint density at radius 1 is 1.21 bits per heavy atom. The molecule has 34 heavy (non-hydrogen) atoms. The van der Waals surface area contributed by atoms with Gasteiger partial charge in [0.05, 0.1) is 11.1 Å². The number of fused-ring (bicyclic) bond motifs is 3. The van der Waals surface area contributed by atoms with Gasteiger partial charge in [-0.3, -0.25) is 19.1 Å². The number of nitrogens with zero attached hydrogens (tertiary/aromatic N) is 5. The van der Waals surface area contributed by atoms with Gasteiger partial charge >= 0.3 is 0 Å². The van der Waals surface area contributed by atoms with Crippen LogP contribution in [0.25, 0.3) is 10.9 Å². The number of likely N-dealkylation sites (tertiary alicyclic amines) is 1. The lowest BCUT2D eigenvalue weighted by molar-refractivity contribution is -0.141. The van der Waals surface area contributed by atoms with Crippen molar-refractivity contribution in [3.05, 3.63) is 52.8 Å². The van der Waals surface area contributed by atoms with E-state index >= 15 is 0 Å². The molecule has 0 radical (unpaired) electrons. The molecule has 3 atom stereocenters. The fourth-order valence-electron chi connectivity index (χ4n) is 5.11. The molecule has 2 bridgehead atoms. The minimum Gasteiger partial charge on any atom is -0.364 e. The van der Waals surface area contributed by atoms with Crippen LogP contribution in [0.2, 0.25) is 5.15 Å². The molecule has 11 heteroatoms. The Balaban J connectivity index is 1.39. The van der Waals surface area contributed by atoms with Crippen LogP contribution in [0.15, 0.2) is 36.4 Å². The van der Waals surface area contributed by atoms with Crippen molar-refractivity contribution in [2.24, 2.45) is 11.7 Å². The number of nitriles is 1. The Labute approximate surface area is 199 Å². The van der Waals surface area contributed by atoms with Crippen LogP contribution in [-0.4, -0.2) is 49.5 Å². The van der Waals surface area contributed by atoms with E-state index in [1.165, 1.54) is 16.8 Å². The van der Waals surface area contributed by atoms with E-state index in [0.29, 0.717) is 10.9 Å². The van der Waals surface area contributed by atoms with Gasteiger partial charge in [-0.2, -0.15) is 10.4 Å². The number of benzene rings is 1. The molecule has 2 aromatic heterocycles. The average Bonchev–Trinajstić information content (AvgIpc) is 3.52. The van der Waals surface area contributed by atoms with Crippen LogP contribution in [-0.2, 0) is 16.1 Å². The summed E-state index contributed by atoms with van der Waals surface area (Å²) in [5.41, 5.74) is 6.39. The highest BCUT2D eigenvalue weighted by Gasteiger charge is 2.51. The highest BCUT2D eigenvalue weighted by Crippen LogP contribution is 2.43. The molecule has 5 rings (SSSR count). The Morgan fingerprint density at radius 3 is 2.74 bits per heavy atom. The number of para-hydroxylation sites is 1. The number of primary amides is 1. The summed E-state index contributed by atoms with van der Waals surface area (Å²) in [6.07, 6.45) is 2.43. The number of pyridine rings is 1. The highest BCUT2D eigenvalue weighted by molar-refractivity contribution is 6.30. The van der Waals surface area contributed by atoms with Gasteiger partial charge in [-0.25, -0.2) is 4.98 Å². The molecule has 3 aromatic rings. The van der Waals surface area contributed by atoms with Gasteiger partial charge in [0.25, 0.3) is 5.91 Å². The van der Waals surface area contributed by atoms with Crippen molar-refractivity contribution >= 4 is 46.0 Å². The first-order valence-corrected chi connectivity index (χ1v) is 11.2. The average molecular weight is 478 g/mol. The Bertz CT molecular complexity index is 1380. The highest BCUT2D eigenvalue weighted by atomic mass is 35.5. The molecule has 3 amide bonds. The largest absolute Gasteiger partial charge is 0.364 e. The quantitative estimate of drug-likeness (QED) is 0.537. The summed E-state index contributed by atoms with van der Waals surface area (Å²) in [5.74, 6) is -1.03. The van der Waals surface area contributed by atoms with Gasteiger partial charge in [-0.15, -0.1) is 0 Å². The third-order valence-corrected chi connectivity index (χ3v) is 6.83. The smallest absolute Gasteiger partial charge is 0.269 e. The third-order valence-electron chi connectivity index (χ3n) is 6.54. The fraction of sp³-hybridized carbons (Fsp3) is 0.304. The summed E-state index contributed by atoms with van der Waals surface area (Å²) in [6, 6.07) is 11.3. The molecule has 10 nitrogen and oxygen atoms in total. The van der Waals surface area contributed by atoms with Gasteiger partial charge in [0.2, 0.25) is 11.8 Å². The Morgan fingerprint density at radius 2 is 2.00 bits per heavy atom. The van der Waals surface area contributed by atoms with Crippen molar-refractivity contribution in [2.45, 2.75) is 37.9 Å².